The highest BCUT2D eigenvalue weighted by molar-refractivity contribution is 8.00. The molecule has 1 atom stereocenters. The van der Waals surface area contributed by atoms with Gasteiger partial charge in [-0.15, -0.1) is 11.8 Å². The zero-order chi connectivity index (χ0) is 33.2. The first-order valence-corrected chi connectivity index (χ1v) is 15.7. The van der Waals surface area contributed by atoms with Crippen molar-refractivity contribution in [1.29, 1.82) is 0 Å². The predicted octanol–water partition coefficient (Wildman–Crippen LogP) is 7.32. The van der Waals surface area contributed by atoms with Gasteiger partial charge in [-0.05, 0) is 77.9 Å². The third-order valence-electron chi connectivity index (χ3n) is 6.86. The number of thioether (sulfide) groups is 1. The van der Waals surface area contributed by atoms with E-state index in [4.69, 9.17) is 17.3 Å². The van der Waals surface area contributed by atoms with Gasteiger partial charge in [-0.3, -0.25) is 19.2 Å². The number of rotatable bonds is 11. The Kier molecular flexibility index (Phi) is 10.9. The molecule has 0 aliphatic rings. The Hall–Kier alpha value is -5.64. The first-order chi connectivity index (χ1) is 22.8. The second kappa shape index (κ2) is 15.6. The number of hydrogen-bond acceptors (Lipinski definition) is 5. The summed E-state index contributed by atoms with van der Waals surface area (Å²) in [6, 6.07) is 38.2. The van der Waals surface area contributed by atoms with E-state index in [2.05, 4.69) is 16.0 Å². The lowest BCUT2D eigenvalue weighted by molar-refractivity contribution is -0.116. The van der Waals surface area contributed by atoms with Gasteiger partial charge in [0.1, 0.15) is 10.9 Å². The number of nitrogens with two attached hydrogens (primary N) is 1. The van der Waals surface area contributed by atoms with E-state index >= 15 is 0 Å². The maximum Gasteiger partial charge on any atom is 0.272 e. The molecule has 10 heteroatoms. The minimum Gasteiger partial charge on any atom is -0.366 e. The van der Waals surface area contributed by atoms with E-state index in [9.17, 15) is 19.2 Å². The van der Waals surface area contributed by atoms with E-state index in [1.165, 1.54) is 17.8 Å². The van der Waals surface area contributed by atoms with Crippen LogP contribution in [0.2, 0.25) is 5.02 Å². The Labute approximate surface area is 281 Å². The molecule has 5 rings (SSSR count). The lowest BCUT2D eigenvalue weighted by Crippen LogP contribution is -2.30. The van der Waals surface area contributed by atoms with E-state index in [1.54, 1.807) is 97.1 Å². The second-order valence-electron chi connectivity index (χ2n) is 10.2. The van der Waals surface area contributed by atoms with Gasteiger partial charge in [0.05, 0.1) is 0 Å². The average molecular weight is 661 g/mol. The summed E-state index contributed by atoms with van der Waals surface area (Å²) in [6.45, 7) is 0. The van der Waals surface area contributed by atoms with E-state index in [0.717, 1.165) is 5.56 Å². The minimum absolute atomic E-state index is 0.00565. The van der Waals surface area contributed by atoms with Crippen LogP contribution in [0.1, 0.15) is 37.1 Å². The Bertz CT molecular complexity index is 1930. The van der Waals surface area contributed by atoms with Crippen molar-refractivity contribution in [2.45, 2.75) is 10.1 Å². The number of carbonyl (C=O) groups excluding carboxylic acids is 4. The fourth-order valence-corrected chi connectivity index (χ4v) is 5.77. The van der Waals surface area contributed by atoms with E-state index in [-0.39, 0.29) is 11.6 Å². The molecule has 0 aliphatic heterocycles. The Morgan fingerprint density at radius 1 is 0.681 bits per heavy atom. The number of halogens is 1. The minimum atomic E-state index is -0.654. The van der Waals surface area contributed by atoms with E-state index < -0.39 is 23.0 Å². The number of benzene rings is 5. The molecule has 5 aromatic carbocycles. The normalized spacial score (nSPS) is 11.6. The monoisotopic (exact) mass is 660 g/mol. The zero-order valence-electron chi connectivity index (χ0n) is 24.9. The fraction of sp³-hybridized carbons (Fsp3) is 0.0270. The average Bonchev–Trinajstić information content (AvgIpc) is 3.09. The molecule has 0 saturated heterocycles. The molecule has 0 heterocycles. The lowest BCUT2D eigenvalue weighted by Gasteiger charge is -2.18. The molecule has 5 N–H and O–H groups in total. The van der Waals surface area contributed by atoms with Gasteiger partial charge in [0.2, 0.25) is 11.8 Å². The molecule has 4 amide bonds. The van der Waals surface area contributed by atoms with Gasteiger partial charge in [-0.2, -0.15) is 0 Å². The summed E-state index contributed by atoms with van der Waals surface area (Å²) in [5, 5.41) is 8.24. The SMILES string of the molecule is NC(=O)c1ccc(NC(=O)C(Sc2cccc(NC(=O)/C(=C\c3ccccc3Cl)NC(=O)c3ccccc3)c2)c2ccccc2)cc1. The molecule has 0 bridgehead atoms. The second-order valence-corrected chi connectivity index (χ2v) is 11.8. The summed E-state index contributed by atoms with van der Waals surface area (Å²) in [4.78, 5) is 52.3. The van der Waals surface area contributed by atoms with E-state index in [1.807, 2.05) is 36.4 Å². The summed E-state index contributed by atoms with van der Waals surface area (Å²) < 4.78 is 0. The zero-order valence-corrected chi connectivity index (χ0v) is 26.4. The summed E-state index contributed by atoms with van der Waals surface area (Å²) in [5.41, 5.74) is 8.34. The molecule has 1 unspecified atom stereocenters. The number of amides is 4. The highest BCUT2D eigenvalue weighted by atomic mass is 35.5. The van der Waals surface area contributed by atoms with Gasteiger partial charge in [-0.25, -0.2) is 0 Å². The molecule has 8 nitrogen and oxygen atoms in total. The molecule has 47 heavy (non-hydrogen) atoms. The number of primary amides is 1. The van der Waals surface area contributed by atoms with Crippen molar-refractivity contribution in [3.8, 4) is 0 Å². The van der Waals surface area contributed by atoms with Crippen LogP contribution in [-0.2, 0) is 9.59 Å². The van der Waals surface area contributed by atoms with Crippen molar-refractivity contribution in [1.82, 2.24) is 5.32 Å². The van der Waals surface area contributed by atoms with Gasteiger partial charge >= 0.3 is 0 Å². The summed E-state index contributed by atoms with van der Waals surface area (Å²) >= 11 is 7.66. The number of anilines is 2. The highest BCUT2D eigenvalue weighted by Gasteiger charge is 2.23. The Balaban J connectivity index is 1.37. The van der Waals surface area contributed by atoms with Crippen LogP contribution < -0.4 is 21.7 Å². The fourth-order valence-electron chi connectivity index (χ4n) is 4.50. The number of hydrogen-bond donors (Lipinski definition) is 4. The van der Waals surface area contributed by atoms with Crippen molar-refractivity contribution < 1.29 is 19.2 Å². The van der Waals surface area contributed by atoms with Gasteiger partial charge < -0.3 is 21.7 Å². The molecule has 234 valence electrons. The van der Waals surface area contributed by atoms with Crippen LogP contribution in [0, 0.1) is 0 Å². The van der Waals surface area contributed by atoms with Gasteiger partial charge in [0.25, 0.3) is 11.8 Å². The quantitative estimate of drug-likeness (QED) is 0.0871. The van der Waals surface area contributed by atoms with Crippen LogP contribution in [0.25, 0.3) is 6.08 Å². The van der Waals surface area contributed by atoms with Crippen LogP contribution in [0.4, 0.5) is 11.4 Å². The smallest absolute Gasteiger partial charge is 0.272 e. The van der Waals surface area contributed by atoms with Crippen LogP contribution in [0.5, 0.6) is 0 Å². The molecule has 0 aliphatic carbocycles. The van der Waals surface area contributed by atoms with Gasteiger partial charge in [0, 0.05) is 32.4 Å². The van der Waals surface area contributed by atoms with Gasteiger partial charge in [-0.1, -0.05) is 84.4 Å². The molecular weight excluding hydrogens is 632 g/mol. The molecule has 0 aromatic heterocycles. The topological polar surface area (TPSA) is 130 Å². The maximum absolute atomic E-state index is 13.6. The molecule has 0 spiro atoms. The van der Waals surface area contributed by atoms with Crippen molar-refractivity contribution >= 4 is 64.4 Å². The van der Waals surface area contributed by atoms with Crippen LogP contribution in [0.15, 0.2) is 144 Å². The first kappa shape index (κ1) is 32.7. The molecule has 0 saturated carbocycles. The first-order valence-electron chi connectivity index (χ1n) is 14.4. The molecule has 5 aromatic rings. The third-order valence-corrected chi connectivity index (χ3v) is 8.45. The lowest BCUT2D eigenvalue weighted by atomic mass is 10.1. The highest BCUT2D eigenvalue weighted by Crippen LogP contribution is 2.37. The third kappa shape index (κ3) is 8.97. The predicted molar refractivity (Wildman–Crippen MR) is 187 cm³/mol. The van der Waals surface area contributed by atoms with Crippen molar-refractivity contribution in [2.24, 2.45) is 5.73 Å². The Morgan fingerprint density at radius 3 is 2.02 bits per heavy atom. The van der Waals surface area contributed by atoms with Crippen LogP contribution in [0.3, 0.4) is 0 Å². The molecule has 0 radical (unpaired) electrons. The number of carbonyl (C=O) groups is 4. The van der Waals surface area contributed by atoms with E-state index in [0.29, 0.717) is 38.0 Å². The van der Waals surface area contributed by atoms with Crippen molar-refractivity contribution in [3.05, 3.63) is 166 Å². The molecular formula is C37H29ClN4O4S. The Morgan fingerprint density at radius 2 is 1.34 bits per heavy atom. The van der Waals surface area contributed by atoms with Crippen molar-refractivity contribution in [2.75, 3.05) is 10.6 Å². The summed E-state index contributed by atoms with van der Waals surface area (Å²) in [5.74, 6) is -1.86. The summed E-state index contributed by atoms with van der Waals surface area (Å²) in [7, 11) is 0. The molecule has 0 fully saturated rings. The maximum atomic E-state index is 13.6. The summed E-state index contributed by atoms with van der Waals surface area (Å²) in [6.07, 6.45) is 1.52. The van der Waals surface area contributed by atoms with Gasteiger partial charge in [0.15, 0.2) is 0 Å². The standard InChI is InChI=1S/C37H29ClN4O4S/c38-31-17-8-7-14-27(31)22-32(42-35(44)26-12-5-2-6-13-26)36(45)41-29-15-9-16-30(23-29)47-33(24-10-3-1-4-11-24)37(46)40-28-20-18-25(19-21-28)34(39)43/h1-23,33H,(H2,39,43)(H,40,46)(H,41,45)(H,42,44)/b32-22+. The largest absolute Gasteiger partial charge is 0.366 e. The van der Waals surface area contributed by atoms with Crippen LogP contribution in [-0.4, -0.2) is 23.6 Å². The van der Waals surface area contributed by atoms with Crippen LogP contribution >= 0.6 is 23.4 Å². The number of nitrogens with one attached hydrogen (secondary N) is 3. The van der Waals surface area contributed by atoms with Crippen molar-refractivity contribution in [3.63, 3.8) is 0 Å².